The van der Waals surface area contributed by atoms with Crippen LogP contribution in [0, 0.1) is 25.2 Å². The molecule has 20 heavy (non-hydrogen) atoms. The summed E-state index contributed by atoms with van der Waals surface area (Å²) >= 11 is 6.59. The van der Waals surface area contributed by atoms with Crippen molar-refractivity contribution < 1.29 is 14.6 Å². The molecular formula is C13H9ClN2O3S. The molecule has 0 saturated heterocycles. The third-order valence-corrected chi connectivity index (χ3v) is 3.85. The van der Waals surface area contributed by atoms with Crippen LogP contribution in [0.15, 0.2) is 12.1 Å². The Morgan fingerprint density at radius 3 is 2.50 bits per heavy atom. The van der Waals surface area contributed by atoms with Crippen molar-refractivity contribution in [2.75, 3.05) is 0 Å². The van der Waals surface area contributed by atoms with E-state index in [2.05, 4.69) is 11.1 Å². The summed E-state index contributed by atoms with van der Waals surface area (Å²) in [4.78, 5) is 14.7. The highest BCUT2D eigenvalue weighted by Gasteiger charge is 2.18. The lowest BCUT2D eigenvalue weighted by Crippen LogP contribution is -1.92. The smallest absolute Gasteiger partial charge is 0.349 e. The molecule has 0 unspecified atom stereocenters. The van der Waals surface area contributed by atoms with Gasteiger partial charge in [0.25, 0.3) is 5.19 Å². The Bertz CT molecular complexity index is 711. The van der Waals surface area contributed by atoms with Gasteiger partial charge in [-0.15, -0.1) is 0 Å². The van der Waals surface area contributed by atoms with Gasteiger partial charge in [0.15, 0.2) is 10.0 Å². The normalized spacial score (nSPS) is 10.1. The fourth-order valence-corrected chi connectivity index (χ4v) is 2.70. The number of carbonyl (C=O) groups is 1. The average Bonchev–Trinajstić information content (AvgIpc) is 2.74. The van der Waals surface area contributed by atoms with E-state index in [9.17, 15) is 4.79 Å². The molecule has 1 aromatic carbocycles. The van der Waals surface area contributed by atoms with Gasteiger partial charge >= 0.3 is 5.97 Å². The molecule has 1 heterocycles. The zero-order valence-electron chi connectivity index (χ0n) is 10.6. The van der Waals surface area contributed by atoms with Gasteiger partial charge < -0.3 is 9.84 Å². The Morgan fingerprint density at radius 1 is 1.45 bits per heavy atom. The fourth-order valence-electron chi connectivity index (χ4n) is 1.72. The van der Waals surface area contributed by atoms with E-state index in [0.29, 0.717) is 11.3 Å². The number of thiazole rings is 1. The zero-order valence-corrected chi connectivity index (χ0v) is 12.2. The highest BCUT2D eigenvalue weighted by Crippen LogP contribution is 2.35. The second-order valence-corrected chi connectivity index (χ2v) is 5.38. The van der Waals surface area contributed by atoms with Crippen LogP contribution in [-0.2, 0) is 0 Å². The maximum Gasteiger partial charge on any atom is 0.349 e. The van der Waals surface area contributed by atoms with Gasteiger partial charge in [0, 0.05) is 0 Å². The van der Waals surface area contributed by atoms with Crippen LogP contribution in [0.1, 0.15) is 26.4 Å². The topological polar surface area (TPSA) is 83.2 Å². The summed E-state index contributed by atoms with van der Waals surface area (Å²) in [5.74, 6) is -0.595. The van der Waals surface area contributed by atoms with Gasteiger partial charge in [0.1, 0.15) is 5.75 Å². The number of nitriles is 1. The number of aromatic carboxylic acids is 1. The van der Waals surface area contributed by atoms with Crippen LogP contribution in [0.3, 0.4) is 0 Å². The minimum Gasteiger partial charge on any atom is -0.477 e. The maximum absolute atomic E-state index is 10.9. The molecule has 0 saturated carbocycles. The standard InChI is InChI=1S/C13H9ClN2O3S/c1-6-3-8(5-15)4-7(2)9(6)19-13-16-11(14)10(20-13)12(17)18/h3-4H,1-2H3,(H,17,18). The van der Waals surface area contributed by atoms with Gasteiger partial charge in [-0.3, -0.25) is 0 Å². The number of benzene rings is 1. The Hall–Kier alpha value is -2.10. The Labute approximate surface area is 124 Å². The van der Waals surface area contributed by atoms with Crippen molar-refractivity contribution in [1.82, 2.24) is 4.98 Å². The molecule has 0 aliphatic rings. The molecule has 0 fully saturated rings. The van der Waals surface area contributed by atoms with Crippen molar-refractivity contribution in [2.45, 2.75) is 13.8 Å². The van der Waals surface area contributed by atoms with E-state index in [4.69, 9.17) is 26.7 Å². The fraction of sp³-hybridized carbons (Fsp3) is 0.154. The second kappa shape index (κ2) is 5.49. The maximum atomic E-state index is 10.9. The van der Waals surface area contributed by atoms with Gasteiger partial charge in [-0.2, -0.15) is 10.2 Å². The lowest BCUT2D eigenvalue weighted by atomic mass is 10.1. The highest BCUT2D eigenvalue weighted by molar-refractivity contribution is 7.15. The number of ether oxygens (including phenoxy) is 1. The van der Waals surface area contributed by atoms with Crippen LogP contribution >= 0.6 is 22.9 Å². The third kappa shape index (κ3) is 2.74. The summed E-state index contributed by atoms with van der Waals surface area (Å²) in [6.45, 7) is 3.60. The number of rotatable bonds is 3. The Kier molecular flexibility index (Phi) is 3.93. The average molecular weight is 309 g/mol. The summed E-state index contributed by atoms with van der Waals surface area (Å²) < 4.78 is 5.60. The molecule has 5 nitrogen and oxygen atoms in total. The first-order valence-electron chi connectivity index (χ1n) is 5.51. The van der Waals surface area contributed by atoms with E-state index in [-0.39, 0.29) is 15.2 Å². The van der Waals surface area contributed by atoms with Crippen LogP contribution in [0.25, 0.3) is 0 Å². The first-order chi connectivity index (χ1) is 9.42. The zero-order chi connectivity index (χ0) is 14.9. The van der Waals surface area contributed by atoms with Gasteiger partial charge in [0.05, 0.1) is 11.6 Å². The van der Waals surface area contributed by atoms with Crippen molar-refractivity contribution in [3.63, 3.8) is 0 Å². The molecule has 0 bridgehead atoms. The largest absolute Gasteiger partial charge is 0.477 e. The van der Waals surface area contributed by atoms with Gasteiger partial charge in [-0.05, 0) is 37.1 Å². The monoisotopic (exact) mass is 308 g/mol. The quantitative estimate of drug-likeness (QED) is 0.933. The van der Waals surface area contributed by atoms with Gasteiger partial charge in [0.2, 0.25) is 0 Å². The number of aromatic nitrogens is 1. The summed E-state index contributed by atoms with van der Waals surface area (Å²) in [6.07, 6.45) is 0. The minimum absolute atomic E-state index is 0.0642. The van der Waals surface area contributed by atoms with Gasteiger partial charge in [-0.1, -0.05) is 22.9 Å². The molecule has 0 amide bonds. The molecule has 0 atom stereocenters. The molecule has 0 aliphatic heterocycles. The summed E-state index contributed by atoms with van der Waals surface area (Å²) in [5.41, 5.74) is 2.07. The lowest BCUT2D eigenvalue weighted by molar-refractivity contribution is 0.0702. The van der Waals surface area contributed by atoms with Crippen molar-refractivity contribution in [3.05, 3.63) is 38.9 Å². The van der Waals surface area contributed by atoms with Crippen molar-refractivity contribution in [1.29, 1.82) is 5.26 Å². The SMILES string of the molecule is Cc1cc(C#N)cc(C)c1Oc1nc(Cl)c(C(=O)O)s1. The minimum atomic E-state index is -1.14. The molecule has 1 aromatic heterocycles. The van der Waals surface area contributed by atoms with E-state index < -0.39 is 5.97 Å². The molecule has 0 spiro atoms. The summed E-state index contributed by atoms with van der Waals surface area (Å²) in [5, 5.41) is 17.9. The lowest BCUT2D eigenvalue weighted by Gasteiger charge is -2.09. The summed E-state index contributed by atoms with van der Waals surface area (Å²) in [7, 11) is 0. The van der Waals surface area contributed by atoms with E-state index in [1.54, 1.807) is 26.0 Å². The molecule has 7 heteroatoms. The van der Waals surface area contributed by atoms with E-state index in [1.165, 1.54) is 0 Å². The second-order valence-electron chi connectivity index (χ2n) is 4.06. The Morgan fingerprint density at radius 2 is 2.05 bits per heavy atom. The Balaban J connectivity index is 2.38. The number of aryl methyl sites for hydroxylation is 2. The van der Waals surface area contributed by atoms with E-state index in [1.807, 2.05) is 0 Å². The molecule has 102 valence electrons. The number of halogens is 1. The van der Waals surface area contributed by atoms with Gasteiger partial charge in [-0.25, -0.2) is 4.79 Å². The van der Waals surface area contributed by atoms with E-state index >= 15 is 0 Å². The predicted octanol–water partition coefficient (Wildman–Crippen LogP) is 3.78. The molecule has 0 aliphatic carbocycles. The summed E-state index contributed by atoms with van der Waals surface area (Å²) in [6, 6.07) is 5.44. The van der Waals surface area contributed by atoms with Crippen LogP contribution in [-0.4, -0.2) is 16.1 Å². The van der Waals surface area contributed by atoms with Crippen molar-refractivity contribution in [3.8, 4) is 17.0 Å². The molecular weight excluding hydrogens is 300 g/mol. The van der Waals surface area contributed by atoms with Crippen LogP contribution in [0.4, 0.5) is 0 Å². The van der Waals surface area contributed by atoms with Crippen LogP contribution in [0.5, 0.6) is 10.9 Å². The van der Waals surface area contributed by atoms with Crippen molar-refractivity contribution in [2.24, 2.45) is 0 Å². The molecule has 2 aromatic rings. The number of hydrogen-bond acceptors (Lipinski definition) is 5. The predicted molar refractivity (Wildman–Crippen MR) is 74.8 cm³/mol. The van der Waals surface area contributed by atoms with Crippen LogP contribution in [0.2, 0.25) is 5.15 Å². The number of carboxylic acid groups (broad SMARTS) is 1. The number of hydrogen-bond donors (Lipinski definition) is 1. The third-order valence-electron chi connectivity index (χ3n) is 2.54. The first-order valence-corrected chi connectivity index (χ1v) is 6.70. The highest BCUT2D eigenvalue weighted by atomic mass is 35.5. The molecule has 2 rings (SSSR count). The van der Waals surface area contributed by atoms with Crippen molar-refractivity contribution >= 4 is 28.9 Å². The first kappa shape index (κ1) is 14.3. The number of nitrogens with zero attached hydrogens (tertiary/aromatic N) is 2. The van der Waals surface area contributed by atoms with Crippen LogP contribution < -0.4 is 4.74 Å². The molecule has 1 N–H and O–H groups in total. The molecule has 0 radical (unpaired) electrons. The van der Waals surface area contributed by atoms with E-state index in [0.717, 1.165) is 22.5 Å². The number of carboxylic acids is 1.